The summed E-state index contributed by atoms with van der Waals surface area (Å²) in [5.74, 6) is 2.75. The third kappa shape index (κ3) is 6.76. The van der Waals surface area contributed by atoms with Crippen LogP contribution in [0.5, 0.6) is 17.2 Å². The molecule has 206 valence electrons. The van der Waals surface area contributed by atoms with Crippen molar-refractivity contribution in [3.8, 4) is 17.2 Å². The topological polar surface area (TPSA) is 43.3 Å². The lowest BCUT2D eigenvalue weighted by molar-refractivity contribution is -0.0190. The summed E-state index contributed by atoms with van der Waals surface area (Å²) in [5.41, 5.74) is 4.46. The van der Waals surface area contributed by atoms with Gasteiger partial charge in [-0.3, -0.25) is 0 Å². The van der Waals surface area contributed by atoms with Crippen molar-refractivity contribution in [3.05, 3.63) is 89.5 Å². The predicted molar refractivity (Wildman–Crippen MR) is 158 cm³/mol. The van der Waals surface area contributed by atoms with Crippen molar-refractivity contribution in [1.29, 1.82) is 0 Å². The molecule has 0 aromatic heterocycles. The monoisotopic (exact) mass is 526 g/mol. The Labute approximate surface area is 233 Å². The minimum Gasteiger partial charge on any atom is -0.494 e. The molecule has 3 aromatic rings. The highest BCUT2D eigenvalue weighted by molar-refractivity contribution is 6.02. The zero-order valence-corrected chi connectivity index (χ0v) is 23.5. The second-order valence-electron chi connectivity index (χ2n) is 10.6. The second-order valence-corrected chi connectivity index (χ2v) is 10.6. The molecule has 0 aliphatic carbocycles. The fourth-order valence-electron chi connectivity index (χ4n) is 5.31. The Morgan fingerprint density at radius 3 is 2.13 bits per heavy atom. The van der Waals surface area contributed by atoms with E-state index in [0.717, 1.165) is 73.0 Å². The van der Waals surface area contributed by atoms with Gasteiger partial charge in [0, 0.05) is 17.5 Å². The number of ether oxygens (including phenoxy) is 3. The van der Waals surface area contributed by atoms with Crippen LogP contribution in [0, 0.1) is 0 Å². The van der Waals surface area contributed by atoms with Crippen LogP contribution < -0.4 is 14.2 Å². The van der Waals surface area contributed by atoms with Crippen LogP contribution in [0.4, 0.5) is 0 Å². The van der Waals surface area contributed by atoms with Crippen LogP contribution in [0.1, 0.15) is 101 Å². The zero-order valence-electron chi connectivity index (χ0n) is 23.5. The molecule has 0 bridgehead atoms. The Kier molecular flexibility index (Phi) is 9.42. The molecule has 3 aromatic carbocycles. The summed E-state index contributed by atoms with van der Waals surface area (Å²) in [6.45, 7) is 5.95. The molecule has 2 unspecified atom stereocenters. The number of hydrazone groups is 1. The quantitative estimate of drug-likeness (QED) is 0.197. The minimum absolute atomic E-state index is 0.138. The van der Waals surface area contributed by atoms with E-state index in [1.165, 1.54) is 37.7 Å². The number of hydrogen-bond acceptors (Lipinski definition) is 5. The lowest BCUT2D eigenvalue weighted by Crippen LogP contribution is -2.33. The van der Waals surface area contributed by atoms with Crippen LogP contribution >= 0.6 is 0 Å². The van der Waals surface area contributed by atoms with Crippen molar-refractivity contribution >= 4 is 5.71 Å². The normalized spacial score (nSPS) is 17.7. The SMILES string of the molecule is CCCCCCCCOc1ccc(C2Oc3ccccc3C3CC(c4ccc(OCCCC)cc4)=NN32)cc1. The average molecular weight is 527 g/mol. The fourth-order valence-corrected chi connectivity index (χ4v) is 5.31. The molecule has 2 aliphatic rings. The van der Waals surface area contributed by atoms with Gasteiger partial charge in [0.25, 0.3) is 0 Å². The van der Waals surface area contributed by atoms with Gasteiger partial charge in [0.1, 0.15) is 17.2 Å². The minimum atomic E-state index is -0.285. The molecular weight excluding hydrogens is 484 g/mol. The third-order valence-electron chi connectivity index (χ3n) is 7.59. The van der Waals surface area contributed by atoms with Crippen LogP contribution in [-0.4, -0.2) is 23.9 Å². The maximum absolute atomic E-state index is 6.53. The molecule has 0 spiro atoms. The van der Waals surface area contributed by atoms with Crippen LogP contribution in [0.15, 0.2) is 77.9 Å². The predicted octanol–water partition coefficient (Wildman–Crippen LogP) is 8.85. The average Bonchev–Trinajstić information content (AvgIpc) is 3.43. The first kappa shape index (κ1) is 27.1. The van der Waals surface area contributed by atoms with Crippen LogP contribution in [0.2, 0.25) is 0 Å². The van der Waals surface area contributed by atoms with Gasteiger partial charge in [-0.15, -0.1) is 0 Å². The Morgan fingerprint density at radius 2 is 1.38 bits per heavy atom. The summed E-state index contributed by atoms with van der Waals surface area (Å²) in [5, 5.41) is 7.24. The number of fused-ring (bicyclic) bond motifs is 3. The number of unbranched alkanes of at least 4 members (excludes halogenated alkanes) is 6. The molecule has 0 saturated heterocycles. The molecule has 2 aliphatic heterocycles. The van der Waals surface area contributed by atoms with Gasteiger partial charge < -0.3 is 14.2 Å². The second kappa shape index (κ2) is 13.5. The first-order valence-corrected chi connectivity index (χ1v) is 14.8. The largest absolute Gasteiger partial charge is 0.494 e. The van der Waals surface area contributed by atoms with Crippen molar-refractivity contribution < 1.29 is 14.2 Å². The molecular formula is C34H42N2O3. The Bertz CT molecular complexity index is 1210. The molecule has 0 amide bonds. The molecule has 0 saturated carbocycles. The van der Waals surface area contributed by atoms with Gasteiger partial charge in [0.2, 0.25) is 6.23 Å². The molecule has 39 heavy (non-hydrogen) atoms. The molecule has 2 atom stereocenters. The number of hydrogen-bond donors (Lipinski definition) is 0. The van der Waals surface area contributed by atoms with Crippen LogP contribution in [0.25, 0.3) is 0 Å². The van der Waals surface area contributed by atoms with Crippen molar-refractivity contribution in [2.24, 2.45) is 5.10 Å². The Balaban J connectivity index is 1.27. The van der Waals surface area contributed by atoms with E-state index < -0.39 is 0 Å². The van der Waals surface area contributed by atoms with E-state index in [9.17, 15) is 0 Å². The van der Waals surface area contributed by atoms with E-state index >= 15 is 0 Å². The summed E-state index contributed by atoms with van der Waals surface area (Å²) in [6.07, 6.45) is 10.3. The van der Waals surface area contributed by atoms with E-state index in [0.29, 0.717) is 0 Å². The van der Waals surface area contributed by atoms with Crippen LogP contribution in [-0.2, 0) is 0 Å². The molecule has 5 nitrogen and oxygen atoms in total. The van der Waals surface area contributed by atoms with Gasteiger partial charge in [0.05, 0.1) is 25.0 Å². The molecule has 0 radical (unpaired) electrons. The molecule has 0 fully saturated rings. The highest BCUT2D eigenvalue weighted by Gasteiger charge is 2.40. The van der Waals surface area contributed by atoms with E-state index in [4.69, 9.17) is 19.3 Å². The fraction of sp³-hybridized carbons (Fsp3) is 0.441. The van der Waals surface area contributed by atoms with Gasteiger partial charge in [0.15, 0.2) is 0 Å². The summed E-state index contributed by atoms with van der Waals surface area (Å²) in [4.78, 5) is 0. The van der Waals surface area contributed by atoms with E-state index in [1.807, 2.05) is 6.07 Å². The summed E-state index contributed by atoms with van der Waals surface area (Å²) < 4.78 is 18.4. The first-order chi connectivity index (χ1) is 19.3. The zero-order chi connectivity index (χ0) is 26.9. The highest BCUT2D eigenvalue weighted by Crippen LogP contribution is 2.47. The Morgan fingerprint density at radius 1 is 0.744 bits per heavy atom. The molecule has 5 rings (SSSR count). The van der Waals surface area contributed by atoms with Gasteiger partial charge in [-0.1, -0.05) is 70.6 Å². The molecule has 5 heteroatoms. The van der Waals surface area contributed by atoms with E-state index in [-0.39, 0.29) is 12.3 Å². The van der Waals surface area contributed by atoms with Gasteiger partial charge >= 0.3 is 0 Å². The maximum Gasteiger partial charge on any atom is 0.213 e. The van der Waals surface area contributed by atoms with E-state index in [1.54, 1.807) is 0 Å². The summed E-state index contributed by atoms with van der Waals surface area (Å²) >= 11 is 0. The van der Waals surface area contributed by atoms with Gasteiger partial charge in [-0.05, 0) is 73.0 Å². The summed E-state index contributed by atoms with van der Waals surface area (Å²) in [7, 11) is 0. The maximum atomic E-state index is 6.53. The Hall–Kier alpha value is -3.47. The van der Waals surface area contributed by atoms with E-state index in [2.05, 4.69) is 85.6 Å². The standard InChI is InChI=1S/C34H42N2O3/c1-3-5-7-8-9-12-24-38-29-21-17-27(18-22-29)34-36-32(30-13-10-11-14-33(30)39-34)25-31(35-36)26-15-19-28(20-16-26)37-23-6-4-2/h10-11,13-22,32,34H,3-9,12,23-25H2,1-2H3. The number of nitrogens with zero attached hydrogens (tertiary/aromatic N) is 2. The highest BCUT2D eigenvalue weighted by atomic mass is 16.5. The van der Waals surface area contributed by atoms with Crippen molar-refractivity contribution in [1.82, 2.24) is 5.01 Å². The molecule has 0 N–H and O–H groups in total. The van der Waals surface area contributed by atoms with Gasteiger partial charge in [-0.2, -0.15) is 5.10 Å². The lowest BCUT2D eigenvalue weighted by Gasteiger charge is -2.38. The number of benzene rings is 3. The number of rotatable bonds is 14. The van der Waals surface area contributed by atoms with Gasteiger partial charge in [-0.25, -0.2) is 5.01 Å². The van der Waals surface area contributed by atoms with Crippen molar-refractivity contribution in [2.45, 2.75) is 83.9 Å². The lowest BCUT2D eigenvalue weighted by atomic mass is 9.96. The summed E-state index contributed by atoms with van der Waals surface area (Å²) in [6, 6.07) is 25.2. The first-order valence-electron chi connectivity index (χ1n) is 14.8. The van der Waals surface area contributed by atoms with Crippen molar-refractivity contribution in [2.75, 3.05) is 13.2 Å². The smallest absolute Gasteiger partial charge is 0.213 e. The van der Waals surface area contributed by atoms with Crippen molar-refractivity contribution in [3.63, 3.8) is 0 Å². The molecule has 2 heterocycles. The number of para-hydroxylation sites is 1. The third-order valence-corrected chi connectivity index (χ3v) is 7.59. The van der Waals surface area contributed by atoms with Crippen LogP contribution in [0.3, 0.4) is 0 Å².